The molecule has 15 heavy (non-hydrogen) atoms. The molecule has 1 fully saturated rings. The summed E-state index contributed by atoms with van der Waals surface area (Å²) >= 11 is 0. The molecule has 2 atom stereocenters. The predicted octanol–water partition coefficient (Wildman–Crippen LogP) is 2.14. The third kappa shape index (κ3) is 2.07. The molecule has 2 unspecified atom stereocenters. The molecule has 0 spiro atoms. The molecule has 1 aliphatic heterocycles. The lowest BCUT2D eigenvalue weighted by Gasteiger charge is -2.16. The Morgan fingerprint density at radius 1 is 1.47 bits per heavy atom. The van der Waals surface area contributed by atoms with E-state index in [1.807, 2.05) is 0 Å². The van der Waals surface area contributed by atoms with Gasteiger partial charge in [-0.1, -0.05) is 18.2 Å². The van der Waals surface area contributed by atoms with Crippen LogP contribution in [0.2, 0.25) is 0 Å². The third-order valence-corrected chi connectivity index (χ3v) is 2.88. The van der Waals surface area contributed by atoms with Crippen LogP contribution in [0, 0.1) is 11.7 Å². The Bertz CT molecular complexity index is 345. The van der Waals surface area contributed by atoms with Gasteiger partial charge >= 0.3 is 0 Å². The van der Waals surface area contributed by atoms with Crippen LogP contribution in [0.1, 0.15) is 17.9 Å². The third-order valence-electron chi connectivity index (χ3n) is 2.88. The minimum Gasteiger partial charge on any atom is -0.381 e. The first-order valence-corrected chi connectivity index (χ1v) is 5.10. The number of halogens is 1. The summed E-state index contributed by atoms with van der Waals surface area (Å²) in [4.78, 5) is 11.0. The summed E-state index contributed by atoms with van der Waals surface area (Å²) in [5, 5.41) is 0. The van der Waals surface area contributed by atoms with E-state index < -0.39 is 0 Å². The van der Waals surface area contributed by atoms with Gasteiger partial charge in [-0.15, -0.1) is 0 Å². The number of hydrogen-bond donors (Lipinski definition) is 0. The molecule has 0 aliphatic carbocycles. The summed E-state index contributed by atoms with van der Waals surface area (Å²) in [5.41, 5.74) is 0.489. The summed E-state index contributed by atoms with van der Waals surface area (Å²) in [5.74, 6) is -0.547. The number of benzene rings is 1. The second-order valence-corrected chi connectivity index (χ2v) is 3.81. The van der Waals surface area contributed by atoms with Gasteiger partial charge < -0.3 is 9.53 Å². The van der Waals surface area contributed by atoms with Gasteiger partial charge in [0.2, 0.25) is 0 Å². The zero-order valence-corrected chi connectivity index (χ0v) is 8.36. The van der Waals surface area contributed by atoms with Crippen LogP contribution >= 0.6 is 0 Å². The van der Waals surface area contributed by atoms with Crippen molar-refractivity contribution in [2.75, 3.05) is 13.2 Å². The lowest BCUT2D eigenvalue weighted by Crippen LogP contribution is -2.15. The zero-order valence-electron chi connectivity index (χ0n) is 8.36. The van der Waals surface area contributed by atoms with E-state index in [1.165, 1.54) is 6.07 Å². The molecule has 3 heteroatoms. The average molecular weight is 208 g/mol. The van der Waals surface area contributed by atoms with E-state index in [-0.39, 0.29) is 17.7 Å². The Hall–Kier alpha value is -1.22. The van der Waals surface area contributed by atoms with Gasteiger partial charge in [0.15, 0.2) is 0 Å². The van der Waals surface area contributed by atoms with Crippen LogP contribution in [-0.2, 0) is 9.53 Å². The maximum absolute atomic E-state index is 13.5. The standard InChI is InChI=1S/C12H13FO2/c13-12-4-2-1-3-10(12)11(7-14)9-5-6-15-8-9/h1-4,7,9,11H,5-6,8H2. The van der Waals surface area contributed by atoms with Gasteiger partial charge in [-0.3, -0.25) is 0 Å². The fourth-order valence-electron chi connectivity index (χ4n) is 2.02. The van der Waals surface area contributed by atoms with E-state index >= 15 is 0 Å². The average Bonchev–Trinajstić information content (AvgIpc) is 2.75. The highest BCUT2D eigenvalue weighted by molar-refractivity contribution is 5.63. The van der Waals surface area contributed by atoms with Crippen molar-refractivity contribution in [3.8, 4) is 0 Å². The van der Waals surface area contributed by atoms with Crippen molar-refractivity contribution in [1.82, 2.24) is 0 Å². The molecule has 1 aromatic carbocycles. The Morgan fingerprint density at radius 3 is 2.87 bits per heavy atom. The number of ether oxygens (including phenoxy) is 1. The minimum atomic E-state index is -0.367. The highest BCUT2D eigenvalue weighted by atomic mass is 19.1. The lowest BCUT2D eigenvalue weighted by atomic mass is 9.86. The van der Waals surface area contributed by atoms with Crippen molar-refractivity contribution >= 4 is 6.29 Å². The molecular formula is C12H13FO2. The van der Waals surface area contributed by atoms with E-state index in [2.05, 4.69) is 0 Å². The molecule has 80 valence electrons. The van der Waals surface area contributed by atoms with Crippen LogP contribution in [0.15, 0.2) is 24.3 Å². The fraction of sp³-hybridized carbons (Fsp3) is 0.417. The molecule has 1 aliphatic rings. The maximum Gasteiger partial charge on any atom is 0.127 e. The number of carbonyl (C=O) groups is 1. The van der Waals surface area contributed by atoms with Crippen LogP contribution < -0.4 is 0 Å². The van der Waals surface area contributed by atoms with Crippen molar-refractivity contribution in [2.24, 2.45) is 5.92 Å². The first kappa shape index (κ1) is 10.3. The molecule has 2 rings (SSSR count). The van der Waals surface area contributed by atoms with Crippen molar-refractivity contribution < 1.29 is 13.9 Å². The van der Waals surface area contributed by atoms with E-state index in [4.69, 9.17) is 4.74 Å². The summed E-state index contributed by atoms with van der Waals surface area (Å²) in [7, 11) is 0. The number of aldehydes is 1. The minimum absolute atomic E-state index is 0.124. The first-order chi connectivity index (χ1) is 7.33. The molecule has 2 nitrogen and oxygen atoms in total. The van der Waals surface area contributed by atoms with Gasteiger partial charge in [-0.05, 0) is 24.0 Å². The number of hydrogen-bond acceptors (Lipinski definition) is 2. The Balaban J connectivity index is 2.26. The van der Waals surface area contributed by atoms with E-state index in [0.29, 0.717) is 18.8 Å². The van der Waals surface area contributed by atoms with Crippen LogP contribution in [-0.4, -0.2) is 19.5 Å². The van der Waals surface area contributed by atoms with Crippen LogP contribution in [0.4, 0.5) is 4.39 Å². The molecular weight excluding hydrogens is 195 g/mol. The molecule has 0 saturated carbocycles. The Labute approximate surface area is 88.1 Å². The topological polar surface area (TPSA) is 26.3 Å². The van der Waals surface area contributed by atoms with Crippen molar-refractivity contribution in [1.29, 1.82) is 0 Å². The smallest absolute Gasteiger partial charge is 0.127 e. The summed E-state index contributed by atoms with van der Waals surface area (Å²) in [6.07, 6.45) is 1.66. The highest BCUT2D eigenvalue weighted by Gasteiger charge is 2.28. The van der Waals surface area contributed by atoms with Gasteiger partial charge in [0, 0.05) is 12.5 Å². The molecule has 0 N–H and O–H groups in total. The largest absolute Gasteiger partial charge is 0.381 e. The Morgan fingerprint density at radius 2 is 2.27 bits per heavy atom. The van der Waals surface area contributed by atoms with Crippen molar-refractivity contribution in [3.63, 3.8) is 0 Å². The molecule has 0 radical (unpaired) electrons. The first-order valence-electron chi connectivity index (χ1n) is 5.10. The van der Waals surface area contributed by atoms with Crippen LogP contribution in [0.5, 0.6) is 0 Å². The monoisotopic (exact) mass is 208 g/mol. The summed E-state index contributed by atoms with van der Waals surface area (Å²) in [6.45, 7) is 1.22. The van der Waals surface area contributed by atoms with E-state index in [0.717, 1.165) is 12.7 Å². The summed E-state index contributed by atoms with van der Waals surface area (Å²) < 4.78 is 18.7. The van der Waals surface area contributed by atoms with Crippen LogP contribution in [0.3, 0.4) is 0 Å². The molecule has 1 saturated heterocycles. The molecule has 1 aromatic rings. The molecule has 0 amide bonds. The highest BCUT2D eigenvalue weighted by Crippen LogP contribution is 2.30. The van der Waals surface area contributed by atoms with Gasteiger partial charge in [0.1, 0.15) is 12.1 Å². The normalized spacial score (nSPS) is 22.6. The van der Waals surface area contributed by atoms with Gasteiger partial charge in [-0.25, -0.2) is 4.39 Å². The summed E-state index contributed by atoms with van der Waals surface area (Å²) in [6, 6.07) is 6.45. The quantitative estimate of drug-likeness (QED) is 0.711. The second kappa shape index (κ2) is 4.53. The number of rotatable bonds is 3. The van der Waals surface area contributed by atoms with Gasteiger partial charge in [0.25, 0.3) is 0 Å². The second-order valence-electron chi connectivity index (χ2n) is 3.81. The molecule has 0 bridgehead atoms. The molecule has 1 heterocycles. The van der Waals surface area contributed by atoms with Gasteiger partial charge in [0.05, 0.1) is 6.61 Å². The number of carbonyl (C=O) groups excluding carboxylic acids is 1. The van der Waals surface area contributed by atoms with Crippen molar-refractivity contribution in [3.05, 3.63) is 35.6 Å². The van der Waals surface area contributed by atoms with Gasteiger partial charge in [-0.2, -0.15) is 0 Å². The van der Waals surface area contributed by atoms with E-state index in [1.54, 1.807) is 18.2 Å². The Kier molecular flexibility index (Phi) is 3.11. The fourth-order valence-corrected chi connectivity index (χ4v) is 2.02. The molecule has 0 aromatic heterocycles. The SMILES string of the molecule is O=CC(c1ccccc1F)C1CCOC1. The maximum atomic E-state index is 13.5. The lowest BCUT2D eigenvalue weighted by molar-refractivity contribution is -0.110. The predicted molar refractivity (Wildman–Crippen MR) is 54.1 cm³/mol. The van der Waals surface area contributed by atoms with E-state index in [9.17, 15) is 9.18 Å². The van der Waals surface area contributed by atoms with Crippen LogP contribution in [0.25, 0.3) is 0 Å². The van der Waals surface area contributed by atoms with Crippen molar-refractivity contribution in [2.45, 2.75) is 12.3 Å². The zero-order chi connectivity index (χ0) is 10.7.